The number of allylic oxidation sites excluding steroid dienone is 8. The third-order valence-electron chi connectivity index (χ3n) is 13.5. The van der Waals surface area contributed by atoms with E-state index in [0.29, 0.717) is 11.3 Å². The molecule has 1 aromatic heterocycles. The second kappa shape index (κ2) is 17.2. The largest absolute Gasteiger partial charge is 0.477 e. The highest BCUT2D eigenvalue weighted by atomic mass is 32.2. The summed E-state index contributed by atoms with van der Waals surface area (Å²) < 4.78 is 70.9. The summed E-state index contributed by atoms with van der Waals surface area (Å²) in [5.74, 6) is -0.464. The van der Waals surface area contributed by atoms with Crippen LogP contribution < -0.4 is 4.90 Å². The van der Waals surface area contributed by atoms with Crippen LogP contribution in [0.4, 0.5) is 11.4 Å². The number of hydrogen-bond acceptors (Lipinski definition) is 7. The monoisotopic (exact) mass is 933 g/mol. The molecule has 8 rings (SSSR count). The van der Waals surface area contributed by atoms with Gasteiger partial charge in [0.05, 0.1) is 15.6 Å². The summed E-state index contributed by atoms with van der Waals surface area (Å²) in [6.07, 6.45) is 12.3. The number of nitrogens with zero attached hydrogens (tertiary/aromatic N) is 2. The first-order valence-corrected chi connectivity index (χ1v) is 26.0. The van der Waals surface area contributed by atoms with Crippen LogP contribution in [0.1, 0.15) is 106 Å². The van der Waals surface area contributed by atoms with Crippen LogP contribution in [0.25, 0.3) is 27.1 Å². The average Bonchev–Trinajstić information content (AvgIpc) is 3.88. The molecule has 0 saturated carbocycles. The van der Waals surface area contributed by atoms with Gasteiger partial charge in [-0.1, -0.05) is 76.2 Å². The lowest BCUT2D eigenvalue weighted by atomic mass is 9.78. The molecule has 1 aliphatic carbocycles. The first-order chi connectivity index (χ1) is 30.6. The minimum absolute atomic E-state index is 0.137. The minimum Gasteiger partial charge on any atom is -0.477 e. The van der Waals surface area contributed by atoms with Crippen LogP contribution in [0.2, 0.25) is 0 Å². The van der Waals surface area contributed by atoms with E-state index in [1.54, 1.807) is 18.2 Å². The molecule has 65 heavy (non-hydrogen) atoms. The quantitative estimate of drug-likeness (QED) is 0.0774. The lowest BCUT2D eigenvalue weighted by molar-refractivity contribution is -0.439. The molecule has 10 nitrogen and oxygen atoms in total. The highest BCUT2D eigenvalue weighted by molar-refractivity contribution is 7.86. The zero-order valence-corrected chi connectivity index (χ0v) is 40.4. The molecule has 3 N–H and O–H groups in total. The van der Waals surface area contributed by atoms with Gasteiger partial charge in [0.1, 0.15) is 11.4 Å². The fraction of sp³-hybridized carbons (Fsp3) is 0.346. The Labute approximate surface area is 386 Å². The molecule has 0 radical (unpaired) electrons. The number of hydrogen-bond donors (Lipinski definition) is 3. The van der Waals surface area contributed by atoms with E-state index in [1.807, 2.05) is 12.1 Å². The predicted octanol–water partition coefficient (Wildman–Crippen LogP) is 11.9. The van der Waals surface area contributed by atoms with Crippen molar-refractivity contribution in [2.75, 3.05) is 18.0 Å². The smallest absolute Gasteiger partial charge is 0.345 e. The van der Waals surface area contributed by atoms with Crippen LogP contribution >= 0.6 is 11.3 Å². The zero-order chi connectivity index (χ0) is 46.8. The Hall–Kier alpha value is -5.18. The first kappa shape index (κ1) is 46.4. The van der Waals surface area contributed by atoms with E-state index in [9.17, 15) is 35.8 Å². The Kier molecular flexibility index (Phi) is 12.3. The van der Waals surface area contributed by atoms with Crippen LogP contribution in [0.15, 0.2) is 125 Å². The molecule has 0 saturated heterocycles. The third-order valence-corrected chi connectivity index (χ3v) is 16.7. The van der Waals surface area contributed by atoms with E-state index >= 15 is 0 Å². The van der Waals surface area contributed by atoms with Crippen molar-refractivity contribution < 1.29 is 40.4 Å². The highest BCUT2D eigenvalue weighted by Gasteiger charge is 2.46. The minimum atomic E-state index is -4.45. The molecule has 340 valence electrons. The molecule has 1 atom stereocenters. The van der Waals surface area contributed by atoms with E-state index in [-0.39, 0.29) is 28.2 Å². The van der Waals surface area contributed by atoms with Crippen LogP contribution in [0.5, 0.6) is 0 Å². The topological polar surface area (TPSA) is 152 Å². The molecule has 0 fully saturated rings. The number of carboxylic acid groups (broad SMARTS) is 1. The highest BCUT2D eigenvalue weighted by Crippen LogP contribution is 2.52. The van der Waals surface area contributed by atoms with Gasteiger partial charge in [0.2, 0.25) is 5.69 Å². The number of aromatic carboxylic acids is 1. The molecule has 0 bridgehead atoms. The van der Waals surface area contributed by atoms with Gasteiger partial charge in [-0.25, -0.2) is 4.79 Å². The Balaban J connectivity index is 1.28. The van der Waals surface area contributed by atoms with Gasteiger partial charge in [-0.2, -0.15) is 21.4 Å². The molecule has 2 aliphatic heterocycles. The van der Waals surface area contributed by atoms with Gasteiger partial charge in [-0.3, -0.25) is 9.11 Å². The maximum absolute atomic E-state index is 12.3. The van der Waals surface area contributed by atoms with Gasteiger partial charge in [0.25, 0.3) is 20.2 Å². The van der Waals surface area contributed by atoms with Crippen molar-refractivity contribution >= 4 is 81.7 Å². The molecule has 5 aromatic rings. The van der Waals surface area contributed by atoms with Gasteiger partial charge in [0, 0.05) is 52.3 Å². The molecule has 0 spiro atoms. The summed E-state index contributed by atoms with van der Waals surface area (Å²) in [6.45, 7) is 15.9. The molecular weight excluding hydrogens is 877 g/mol. The molecule has 0 amide bonds. The number of rotatable bonds is 13. The van der Waals surface area contributed by atoms with Crippen molar-refractivity contribution in [1.82, 2.24) is 0 Å². The summed E-state index contributed by atoms with van der Waals surface area (Å²) >= 11 is 1.26. The predicted molar refractivity (Wildman–Crippen MR) is 263 cm³/mol. The normalized spacial score (nSPS) is 19.1. The Morgan fingerprint density at radius 3 is 2.23 bits per heavy atom. The van der Waals surface area contributed by atoms with Gasteiger partial charge in [-0.15, -0.1) is 11.3 Å². The fourth-order valence-electron chi connectivity index (χ4n) is 10.1. The number of benzene rings is 4. The average molecular weight is 934 g/mol. The number of carbonyl (C=O) groups is 1. The van der Waals surface area contributed by atoms with Gasteiger partial charge >= 0.3 is 5.97 Å². The van der Waals surface area contributed by atoms with E-state index < -0.39 is 36.9 Å². The molecule has 4 aromatic carbocycles. The number of carboxylic acids is 1. The molecule has 3 heterocycles. The first-order valence-electron chi connectivity index (χ1n) is 22.2. The number of anilines is 1. The summed E-state index contributed by atoms with van der Waals surface area (Å²) in [6, 6.07) is 24.8. The number of fused-ring (bicyclic) bond motifs is 6. The van der Waals surface area contributed by atoms with Crippen LogP contribution in [-0.2, 0) is 31.1 Å². The Morgan fingerprint density at radius 2 is 1.54 bits per heavy atom. The van der Waals surface area contributed by atoms with E-state index in [0.717, 1.165) is 76.2 Å². The Morgan fingerprint density at radius 1 is 0.815 bits per heavy atom. The van der Waals surface area contributed by atoms with Crippen LogP contribution in [0, 0.1) is 5.92 Å². The second-order valence-corrected chi connectivity index (χ2v) is 23.4. The van der Waals surface area contributed by atoms with E-state index in [1.165, 1.54) is 58.1 Å². The van der Waals surface area contributed by atoms with Gasteiger partial charge < -0.3 is 10.0 Å². The lowest BCUT2D eigenvalue weighted by Crippen LogP contribution is -2.30. The van der Waals surface area contributed by atoms with Crippen molar-refractivity contribution in [2.45, 2.75) is 102 Å². The summed E-state index contributed by atoms with van der Waals surface area (Å²) in [5, 5.41) is 12.9. The van der Waals surface area contributed by atoms with Crippen LogP contribution in [0.3, 0.4) is 0 Å². The SMILES string of the molecule is CC(C)CC[N+]1=C(/C=C/C2=C(c3ccc(C(=O)O)s3)C(=C/C=C3/N(CCC(C)S(=O)(=O)O)c4ccc5cc(S(=O)(=O)O)ccc5c4C3(C)C)/CCC2)C(C)(C)c2c1ccc1ccccc21. The molecular formula is C52H57N2O8S3+. The third kappa shape index (κ3) is 8.69. The molecule has 13 heteroatoms. The zero-order valence-electron chi connectivity index (χ0n) is 37.9. The summed E-state index contributed by atoms with van der Waals surface area (Å²) in [4.78, 5) is 15.3. The van der Waals surface area contributed by atoms with Crippen molar-refractivity contribution in [2.24, 2.45) is 5.92 Å². The van der Waals surface area contributed by atoms with Gasteiger partial charge in [-0.05, 0) is 139 Å². The van der Waals surface area contributed by atoms with Gasteiger partial charge in [0.15, 0.2) is 5.71 Å². The Bertz CT molecular complexity index is 3160. The summed E-state index contributed by atoms with van der Waals surface area (Å²) in [7, 11) is -8.75. The van der Waals surface area contributed by atoms with Crippen molar-refractivity contribution in [3.05, 3.63) is 141 Å². The standard InChI is InChI=1S/C52H56N2O8S3/c1-32(2)27-29-53-41-21-15-34-11-8-9-14-39(34)48(41)51(4,5)45(53)25-17-35-12-10-13-36(47(35)43-23-24-44(63-43)50(55)56)18-26-46-52(6,7)49-40-20-19-38(65(60,61)62)31-37(40)16-22-42(49)54(46)30-28-33(3)64(57,58)59/h8-9,11,14-26,31-33H,10,12-13,27-30H2,1-7H3,(H2-,55,56,57,58,59,60,61,62)/p+1. The van der Waals surface area contributed by atoms with Crippen LogP contribution in [-0.4, -0.2) is 65.6 Å². The maximum atomic E-state index is 12.3. The van der Waals surface area contributed by atoms with E-state index in [4.69, 9.17) is 0 Å². The number of thiophene rings is 1. The second-order valence-electron chi connectivity index (χ2n) is 19.0. The van der Waals surface area contributed by atoms with Crippen molar-refractivity contribution in [3.63, 3.8) is 0 Å². The van der Waals surface area contributed by atoms with Crippen molar-refractivity contribution in [3.8, 4) is 0 Å². The lowest BCUT2D eigenvalue weighted by Gasteiger charge is -2.28. The molecule has 1 unspecified atom stereocenters. The molecule has 3 aliphatic rings. The van der Waals surface area contributed by atoms with Crippen molar-refractivity contribution in [1.29, 1.82) is 0 Å². The summed E-state index contributed by atoms with van der Waals surface area (Å²) in [5.41, 5.74) is 8.56. The van der Waals surface area contributed by atoms with E-state index in [2.05, 4.69) is 112 Å². The fourth-order valence-corrected chi connectivity index (χ4v) is 12.0. The maximum Gasteiger partial charge on any atom is 0.345 e.